The Bertz CT molecular complexity index is 594. The molecular formula is C15H14ClNO2. The van der Waals surface area contributed by atoms with Gasteiger partial charge in [0.05, 0.1) is 5.69 Å². The first-order valence-corrected chi connectivity index (χ1v) is 6.38. The molecule has 2 rings (SSSR count). The average molecular weight is 276 g/mol. The van der Waals surface area contributed by atoms with Crippen LogP contribution in [-0.2, 0) is 11.2 Å². The first-order valence-electron chi connectivity index (χ1n) is 6.00. The number of aliphatic carboxylic acids is 1. The first kappa shape index (κ1) is 13.6. The van der Waals surface area contributed by atoms with Crippen molar-refractivity contribution in [2.75, 3.05) is 0 Å². The van der Waals surface area contributed by atoms with E-state index in [0.717, 1.165) is 22.5 Å². The van der Waals surface area contributed by atoms with Crippen molar-refractivity contribution in [3.63, 3.8) is 0 Å². The minimum atomic E-state index is -0.791. The number of nitrogens with zero attached hydrogens (tertiary/aromatic N) is 1. The largest absolute Gasteiger partial charge is 0.481 e. The van der Waals surface area contributed by atoms with Gasteiger partial charge in [0.15, 0.2) is 0 Å². The van der Waals surface area contributed by atoms with Crippen LogP contribution in [0, 0.1) is 6.92 Å². The number of carbonyl (C=O) groups is 1. The maximum absolute atomic E-state index is 10.6. The third-order valence-electron chi connectivity index (χ3n) is 2.94. The van der Waals surface area contributed by atoms with Gasteiger partial charge in [-0.05, 0) is 37.1 Å². The Labute approximate surface area is 116 Å². The summed E-state index contributed by atoms with van der Waals surface area (Å²) in [7, 11) is 0. The molecule has 0 aliphatic heterocycles. The lowest BCUT2D eigenvalue weighted by Gasteiger charge is -2.07. The second kappa shape index (κ2) is 5.85. The van der Waals surface area contributed by atoms with Crippen molar-refractivity contribution < 1.29 is 9.90 Å². The predicted molar refractivity (Wildman–Crippen MR) is 75.4 cm³/mol. The Morgan fingerprint density at radius 3 is 2.47 bits per heavy atom. The lowest BCUT2D eigenvalue weighted by atomic mass is 10.1. The molecule has 1 N–H and O–H groups in total. The lowest BCUT2D eigenvalue weighted by molar-refractivity contribution is -0.136. The van der Waals surface area contributed by atoms with Crippen LogP contribution in [0.1, 0.15) is 17.7 Å². The van der Waals surface area contributed by atoms with E-state index in [1.807, 2.05) is 43.3 Å². The van der Waals surface area contributed by atoms with Crippen LogP contribution in [0.25, 0.3) is 11.3 Å². The van der Waals surface area contributed by atoms with Crippen molar-refractivity contribution in [2.24, 2.45) is 0 Å². The molecule has 0 saturated carbocycles. The van der Waals surface area contributed by atoms with E-state index in [1.165, 1.54) is 0 Å². The van der Waals surface area contributed by atoms with Crippen LogP contribution >= 0.6 is 11.6 Å². The average Bonchev–Trinajstić information content (AvgIpc) is 2.38. The van der Waals surface area contributed by atoms with Crippen molar-refractivity contribution >= 4 is 17.6 Å². The standard InChI is InChI=1S/C15H14ClNO2/c1-10-11(5-9-15(18)19)4-8-14(17-10)12-2-6-13(16)7-3-12/h2-4,6-8H,5,9H2,1H3,(H,18,19). The minimum Gasteiger partial charge on any atom is -0.481 e. The Kier molecular flexibility index (Phi) is 4.17. The summed E-state index contributed by atoms with van der Waals surface area (Å²) in [6.45, 7) is 1.90. The summed E-state index contributed by atoms with van der Waals surface area (Å²) in [6, 6.07) is 11.3. The van der Waals surface area contributed by atoms with Gasteiger partial charge in [-0.2, -0.15) is 0 Å². The molecule has 4 heteroatoms. The Hall–Kier alpha value is -1.87. The number of aromatic nitrogens is 1. The van der Waals surface area contributed by atoms with Crippen LogP contribution < -0.4 is 0 Å². The zero-order valence-electron chi connectivity index (χ0n) is 10.6. The highest BCUT2D eigenvalue weighted by atomic mass is 35.5. The Morgan fingerprint density at radius 1 is 1.21 bits per heavy atom. The number of hydrogen-bond donors (Lipinski definition) is 1. The van der Waals surface area contributed by atoms with Crippen molar-refractivity contribution in [1.29, 1.82) is 0 Å². The van der Waals surface area contributed by atoms with Gasteiger partial charge in [0.1, 0.15) is 0 Å². The fraction of sp³-hybridized carbons (Fsp3) is 0.200. The fourth-order valence-electron chi connectivity index (χ4n) is 1.88. The van der Waals surface area contributed by atoms with Crippen LogP contribution in [0.5, 0.6) is 0 Å². The van der Waals surface area contributed by atoms with E-state index in [1.54, 1.807) is 0 Å². The summed E-state index contributed by atoms with van der Waals surface area (Å²) < 4.78 is 0. The van der Waals surface area contributed by atoms with E-state index in [0.29, 0.717) is 11.4 Å². The predicted octanol–water partition coefficient (Wildman–Crippen LogP) is 3.73. The summed E-state index contributed by atoms with van der Waals surface area (Å²) in [5, 5.41) is 9.38. The van der Waals surface area contributed by atoms with E-state index in [-0.39, 0.29) is 6.42 Å². The number of carboxylic acids is 1. The SMILES string of the molecule is Cc1nc(-c2ccc(Cl)cc2)ccc1CCC(=O)O. The normalized spacial score (nSPS) is 10.4. The molecule has 0 unspecified atom stereocenters. The molecule has 19 heavy (non-hydrogen) atoms. The zero-order chi connectivity index (χ0) is 13.8. The van der Waals surface area contributed by atoms with Crippen molar-refractivity contribution in [3.8, 4) is 11.3 Å². The van der Waals surface area contributed by atoms with Crippen LogP contribution in [0.3, 0.4) is 0 Å². The highest BCUT2D eigenvalue weighted by molar-refractivity contribution is 6.30. The molecule has 98 valence electrons. The van der Waals surface area contributed by atoms with Gasteiger partial charge in [0.25, 0.3) is 0 Å². The maximum Gasteiger partial charge on any atom is 0.303 e. The van der Waals surface area contributed by atoms with E-state index in [9.17, 15) is 4.79 Å². The summed E-state index contributed by atoms with van der Waals surface area (Å²) >= 11 is 5.85. The Balaban J connectivity index is 2.23. The fourth-order valence-corrected chi connectivity index (χ4v) is 2.00. The van der Waals surface area contributed by atoms with E-state index < -0.39 is 5.97 Å². The van der Waals surface area contributed by atoms with Crippen LogP contribution in [0.2, 0.25) is 5.02 Å². The van der Waals surface area contributed by atoms with Gasteiger partial charge in [0, 0.05) is 22.7 Å². The molecule has 1 aromatic carbocycles. The molecule has 2 aromatic rings. The summed E-state index contributed by atoms with van der Waals surface area (Å²) in [4.78, 5) is 15.1. The smallest absolute Gasteiger partial charge is 0.303 e. The van der Waals surface area contributed by atoms with Crippen LogP contribution in [-0.4, -0.2) is 16.1 Å². The van der Waals surface area contributed by atoms with Crippen LogP contribution in [0.4, 0.5) is 0 Å². The first-order chi connectivity index (χ1) is 9.06. The number of carboxylic acid groups (broad SMARTS) is 1. The molecule has 0 bridgehead atoms. The van der Waals surface area contributed by atoms with Gasteiger partial charge in [-0.15, -0.1) is 0 Å². The number of benzene rings is 1. The lowest BCUT2D eigenvalue weighted by Crippen LogP contribution is -2.00. The highest BCUT2D eigenvalue weighted by Crippen LogP contribution is 2.21. The number of pyridine rings is 1. The molecule has 1 heterocycles. The van der Waals surface area contributed by atoms with Gasteiger partial charge in [-0.3, -0.25) is 9.78 Å². The van der Waals surface area contributed by atoms with Gasteiger partial charge >= 0.3 is 5.97 Å². The molecule has 0 aliphatic carbocycles. The molecular weight excluding hydrogens is 262 g/mol. The molecule has 0 amide bonds. The third kappa shape index (κ3) is 3.55. The van der Waals surface area contributed by atoms with Crippen LogP contribution in [0.15, 0.2) is 36.4 Å². The molecule has 0 fully saturated rings. The highest BCUT2D eigenvalue weighted by Gasteiger charge is 2.06. The molecule has 0 atom stereocenters. The van der Waals surface area contributed by atoms with Crippen molar-refractivity contribution in [1.82, 2.24) is 4.98 Å². The van der Waals surface area contributed by atoms with E-state index in [2.05, 4.69) is 4.98 Å². The second-order valence-corrected chi connectivity index (χ2v) is 4.78. The third-order valence-corrected chi connectivity index (χ3v) is 3.20. The number of halogens is 1. The van der Waals surface area contributed by atoms with E-state index >= 15 is 0 Å². The number of rotatable bonds is 4. The quantitative estimate of drug-likeness (QED) is 0.925. The Morgan fingerprint density at radius 2 is 1.89 bits per heavy atom. The topological polar surface area (TPSA) is 50.2 Å². The molecule has 0 saturated heterocycles. The van der Waals surface area contributed by atoms with Gasteiger partial charge in [0.2, 0.25) is 0 Å². The summed E-state index contributed by atoms with van der Waals surface area (Å²) in [5.74, 6) is -0.791. The zero-order valence-corrected chi connectivity index (χ0v) is 11.3. The molecule has 0 radical (unpaired) electrons. The number of hydrogen-bond acceptors (Lipinski definition) is 2. The summed E-state index contributed by atoms with van der Waals surface area (Å²) in [6.07, 6.45) is 0.637. The molecule has 1 aromatic heterocycles. The van der Waals surface area contributed by atoms with Gasteiger partial charge in [-0.25, -0.2) is 0 Å². The summed E-state index contributed by atoms with van der Waals surface area (Å²) in [5.41, 5.74) is 3.71. The maximum atomic E-state index is 10.6. The van der Waals surface area contributed by atoms with Gasteiger partial charge < -0.3 is 5.11 Å². The second-order valence-electron chi connectivity index (χ2n) is 4.34. The molecule has 3 nitrogen and oxygen atoms in total. The van der Waals surface area contributed by atoms with Crippen molar-refractivity contribution in [3.05, 3.63) is 52.7 Å². The minimum absolute atomic E-state index is 0.128. The monoisotopic (exact) mass is 275 g/mol. The number of aryl methyl sites for hydroxylation is 2. The molecule has 0 spiro atoms. The molecule has 0 aliphatic rings. The van der Waals surface area contributed by atoms with E-state index in [4.69, 9.17) is 16.7 Å². The van der Waals surface area contributed by atoms with Gasteiger partial charge in [-0.1, -0.05) is 29.8 Å². The van der Waals surface area contributed by atoms with Crippen molar-refractivity contribution in [2.45, 2.75) is 19.8 Å².